The molecule has 1 heterocycles. The SMILES string of the molecule is CCCCCCOCC(=O)c1ccc(C)s1. The second-order valence-electron chi connectivity index (χ2n) is 3.95. The Bertz CT molecular complexity index is 317. The zero-order chi connectivity index (χ0) is 11.8. The molecule has 0 aliphatic carbocycles. The maximum Gasteiger partial charge on any atom is 0.198 e. The minimum absolute atomic E-state index is 0.105. The van der Waals surface area contributed by atoms with Crippen LogP contribution in [0.4, 0.5) is 0 Å². The van der Waals surface area contributed by atoms with Crippen LogP contribution in [0.3, 0.4) is 0 Å². The molecule has 16 heavy (non-hydrogen) atoms. The van der Waals surface area contributed by atoms with E-state index in [1.807, 2.05) is 19.1 Å². The number of hydrogen-bond acceptors (Lipinski definition) is 3. The predicted molar refractivity (Wildman–Crippen MR) is 68.3 cm³/mol. The molecule has 0 aliphatic rings. The van der Waals surface area contributed by atoms with Gasteiger partial charge in [-0.1, -0.05) is 26.2 Å². The van der Waals surface area contributed by atoms with Crippen LogP contribution in [0.25, 0.3) is 0 Å². The molecule has 0 fully saturated rings. The molecule has 1 aromatic heterocycles. The summed E-state index contributed by atoms with van der Waals surface area (Å²) in [5.41, 5.74) is 0. The van der Waals surface area contributed by atoms with E-state index in [1.165, 1.54) is 35.5 Å². The topological polar surface area (TPSA) is 26.3 Å². The molecule has 90 valence electrons. The van der Waals surface area contributed by atoms with Gasteiger partial charge in [0.05, 0.1) is 4.88 Å². The number of carbonyl (C=O) groups excluding carboxylic acids is 1. The van der Waals surface area contributed by atoms with Crippen molar-refractivity contribution >= 4 is 17.1 Å². The molecule has 0 N–H and O–H groups in total. The highest BCUT2D eigenvalue weighted by molar-refractivity contribution is 7.14. The van der Waals surface area contributed by atoms with Gasteiger partial charge in [-0.2, -0.15) is 0 Å². The summed E-state index contributed by atoms with van der Waals surface area (Å²) < 4.78 is 5.36. The summed E-state index contributed by atoms with van der Waals surface area (Å²) in [7, 11) is 0. The second-order valence-corrected chi connectivity index (χ2v) is 5.23. The van der Waals surface area contributed by atoms with Gasteiger partial charge in [0.25, 0.3) is 0 Å². The summed E-state index contributed by atoms with van der Waals surface area (Å²) in [5, 5.41) is 0. The molecule has 0 amide bonds. The third-order valence-electron chi connectivity index (χ3n) is 2.39. The lowest BCUT2D eigenvalue weighted by Gasteiger charge is -2.02. The van der Waals surface area contributed by atoms with Crippen molar-refractivity contribution < 1.29 is 9.53 Å². The van der Waals surface area contributed by atoms with Crippen LogP contribution in [0.1, 0.15) is 47.2 Å². The largest absolute Gasteiger partial charge is 0.373 e. The van der Waals surface area contributed by atoms with Gasteiger partial charge in [-0.25, -0.2) is 0 Å². The van der Waals surface area contributed by atoms with E-state index in [0.29, 0.717) is 6.61 Å². The number of rotatable bonds is 8. The lowest BCUT2D eigenvalue weighted by atomic mass is 10.2. The molecular weight excluding hydrogens is 220 g/mol. The number of ether oxygens (including phenoxy) is 1. The van der Waals surface area contributed by atoms with Crippen LogP contribution >= 0.6 is 11.3 Å². The fourth-order valence-electron chi connectivity index (χ4n) is 1.45. The molecule has 0 aliphatic heterocycles. The Kier molecular flexibility index (Phi) is 6.34. The molecule has 1 rings (SSSR count). The minimum Gasteiger partial charge on any atom is -0.373 e. The Morgan fingerprint density at radius 2 is 2.12 bits per heavy atom. The Hall–Kier alpha value is -0.670. The number of unbranched alkanes of at least 4 members (excludes halogenated alkanes) is 3. The van der Waals surface area contributed by atoms with E-state index in [1.54, 1.807) is 0 Å². The zero-order valence-corrected chi connectivity index (χ0v) is 10.9. The van der Waals surface area contributed by atoms with Gasteiger partial charge in [0.2, 0.25) is 0 Å². The summed E-state index contributed by atoms with van der Waals surface area (Å²) in [4.78, 5) is 13.6. The van der Waals surface area contributed by atoms with Gasteiger partial charge in [-0.3, -0.25) is 4.79 Å². The number of carbonyl (C=O) groups is 1. The van der Waals surface area contributed by atoms with Gasteiger partial charge in [-0.05, 0) is 25.5 Å². The first-order chi connectivity index (χ1) is 7.74. The average molecular weight is 240 g/mol. The van der Waals surface area contributed by atoms with Gasteiger partial charge in [0, 0.05) is 11.5 Å². The first-order valence-electron chi connectivity index (χ1n) is 5.91. The van der Waals surface area contributed by atoms with Crippen molar-refractivity contribution in [3.63, 3.8) is 0 Å². The maximum atomic E-state index is 11.6. The van der Waals surface area contributed by atoms with Crippen molar-refractivity contribution in [2.45, 2.75) is 39.5 Å². The Balaban J connectivity index is 2.11. The Morgan fingerprint density at radius 1 is 1.31 bits per heavy atom. The van der Waals surface area contributed by atoms with Gasteiger partial charge < -0.3 is 4.74 Å². The van der Waals surface area contributed by atoms with E-state index in [9.17, 15) is 4.79 Å². The van der Waals surface area contributed by atoms with Gasteiger partial charge >= 0.3 is 0 Å². The molecule has 0 unspecified atom stereocenters. The van der Waals surface area contributed by atoms with Crippen LogP contribution in [0.15, 0.2) is 12.1 Å². The van der Waals surface area contributed by atoms with Crippen LogP contribution in [-0.4, -0.2) is 19.0 Å². The lowest BCUT2D eigenvalue weighted by Crippen LogP contribution is -2.08. The summed E-state index contributed by atoms with van der Waals surface area (Å²) in [5.74, 6) is 0.105. The van der Waals surface area contributed by atoms with E-state index in [2.05, 4.69) is 6.92 Å². The summed E-state index contributed by atoms with van der Waals surface area (Å²) >= 11 is 1.54. The van der Waals surface area contributed by atoms with Crippen LogP contribution in [0.5, 0.6) is 0 Å². The van der Waals surface area contributed by atoms with Crippen molar-refractivity contribution in [3.05, 3.63) is 21.9 Å². The van der Waals surface area contributed by atoms with Crippen LogP contribution in [0.2, 0.25) is 0 Å². The smallest absolute Gasteiger partial charge is 0.198 e. The van der Waals surface area contributed by atoms with E-state index in [0.717, 1.165) is 11.3 Å². The third-order valence-corrected chi connectivity index (χ3v) is 3.43. The maximum absolute atomic E-state index is 11.6. The molecule has 0 spiro atoms. The second kappa shape index (κ2) is 7.58. The van der Waals surface area contributed by atoms with Crippen molar-refractivity contribution in [1.82, 2.24) is 0 Å². The van der Waals surface area contributed by atoms with Crippen LogP contribution < -0.4 is 0 Å². The molecule has 0 atom stereocenters. The molecule has 0 saturated heterocycles. The first kappa shape index (κ1) is 13.4. The van der Waals surface area contributed by atoms with Crippen molar-refractivity contribution in [3.8, 4) is 0 Å². The van der Waals surface area contributed by atoms with Gasteiger partial charge in [0.15, 0.2) is 5.78 Å². The van der Waals surface area contributed by atoms with E-state index < -0.39 is 0 Å². The standard InChI is InChI=1S/C13H20O2S/c1-3-4-5-6-9-15-10-12(14)13-8-7-11(2)16-13/h7-8H,3-6,9-10H2,1-2H3. The number of thiophene rings is 1. The first-order valence-corrected chi connectivity index (χ1v) is 6.73. The fraction of sp³-hybridized carbons (Fsp3) is 0.615. The average Bonchev–Trinajstić information content (AvgIpc) is 2.70. The molecular formula is C13H20O2S. The van der Waals surface area contributed by atoms with Crippen LogP contribution in [-0.2, 0) is 4.74 Å². The predicted octanol–water partition coefficient (Wildman–Crippen LogP) is 3.84. The van der Waals surface area contributed by atoms with Crippen molar-refractivity contribution in [2.75, 3.05) is 13.2 Å². The normalized spacial score (nSPS) is 10.6. The summed E-state index contributed by atoms with van der Waals surface area (Å²) in [6.45, 7) is 5.12. The lowest BCUT2D eigenvalue weighted by molar-refractivity contribution is 0.0756. The van der Waals surface area contributed by atoms with Crippen LogP contribution in [0, 0.1) is 6.92 Å². The minimum atomic E-state index is 0.105. The van der Waals surface area contributed by atoms with Gasteiger partial charge in [0.1, 0.15) is 6.61 Å². The molecule has 2 nitrogen and oxygen atoms in total. The Labute approximate surface area is 102 Å². The quantitative estimate of drug-likeness (QED) is 0.510. The number of aryl methyl sites for hydroxylation is 1. The van der Waals surface area contributed by atoms with Crippen molar-refractivity contribution in [1.29, 1.82) is 0 Å². The van der Waals surface area contributed by atoms with Gasteiger partial charge in [-0.15, -0.1) is 11.3 Å². The fourth-order valence-corrected chi connectivity index (χ4v) is 2.24. The molecule has 1 aromatic rings. The number of hydrogen-bond donors (Lipinski definition) is 0. The molecule has 3 heteroatoms. The molecule has 0 aromatic carbocycles. The van der Waals surface area contributed by atoms with E-state index >= 15 is 0 Å². The monoisotopic (exact) mass is 240 g/mol. The Morgan fingerprint density at radius 3 is 2.75 bits per heavy atom. The summed E-state index contributed by atoms with van der Waals surface area (Å²) in [6.07, 6.45) is 4.74. The highest BCUT2D eigenvalue weighted by atomic mass is 32.1. The summed E-state index contributed by atoms with van der Waals surface area (Å²) in [6, 6.07) is 3.85. The zero-order valence-electron chi connectivity index (χ0n) is 10.1. The number of Topliss-reactive ketones (excluding diaryl/α,β-unsaturated/α-hetero) is 1. The number of ketones is 1. The third kappa shape index (κ3) is 4.90. The van der Waals surface area contributed by atoms with Crippen molar-refractivity contribution in [2.24, 2.45) is 0 Å². The molecule has 0 saturated carbocycles. The van der Waals surface area contributed by atoms with E-state index in [4.69, 9.17) is 4.74 Å². The highest BCUT2D eigenvalue weighted by Gasteiger charge is 2.07. The highest BCUT2D eigenvalue weighted by Crippen LogP contribution is 2.15. The molecule has 0 bridgehead atoms. The van der Waals surface area contributed by atoms with E-state index in [-0.39, 0.29) is 12.4 Å². The molecule has 0 radical (unpaired) electrons.